The van der Waals surface area contributed by atoms with E-state index in [4.69, 9.17) is 18.1 Å². The van der Waals surface area contributed by atoms with Gasteiger partial charge in [0.2, 0.25) is 5.71 Å². The van der Waals surface area contributed by atoms with Crippen LogP contribution in [0.1, 0.15) is 62.4 Å². The molecule has 0 aliphatic carbocycles. The van der Waals surface area contributed by atoms with Gasteiger partial charge in [-0.1, -0.05) is 57.2 Å². The third-order valence-electron chi connectivity index (χ3n) is 5.64. The van der Waals surface area contributed by atoms with Crippen LogP contribution in [-0.2, 0) is 18.2 Å². The van der Waals surface area contributed by atoms with Gasteiger partial charge >= 0.3 is 0 Å². The summed E-state index contributed by atoms with van der Waals surface area (Å²) >= 11 is 0. The maximum atomic E-state index is 9.02. The Labute approximate surface area is 209 Å². The Kier molecular flexibility index (Phi) is 3.13. The SMILES string of the molecule is [2H]C([2H])([2H])c1ccc2c(n1)oc1c(-c3cc(C([2H])([2H])C([2H])([2H])c4ccc(C(C)(C)C)cc4)c(C([2H])([2H])[2H])cn3)cccc12. The van der Waals surface area contributed by atoms with Crippen molar-refractivity contribution in [1.82, 2.24) is 9.97 Å². The van der Waals surface area contributed by atoms with E-state index in [1.54, 1.807) is 36.4 Å². The highest BCUT2D eigenvalue weighted by Crippen LogP contribution is 2.35. The van der Waals surface area contributed by atoms with Crippen LogP contribution in [-0.4, -0.2) is 9.97 Å². The van der Waals surface area contributed by atoms with Gasteiger partial charge in [-0.25, -0.2) is 4.98 Å². The summed E-state index contributed by atoms with van der Waals surface area (Å²) in [5.74, 6) is 0. The van der Waals surface area contributed by atoms with Gasteiger partial charge < -0.3 is 4.42 Å². The molecule has 0 N–H and O–H groups in total. The molecule has 0 saturated heterocycles. The first-order chi connectivity index (χ1) is 19.7. The van der Waals surface area contributed by atoms with E-state index in [1.807, 2.05) is 20.8 Å². The van der Waals surface area contributed by atoms with Gasteiger partial charge in [-0.2, -0.15) is 0 Å². The molecule has 166 valence electrons. The van der Waals surface area contributed by atoms with E-state index < -0.39 is 32.0 Å². The van der Waals surface area contributed by atoms with Crippen LogP contribution in [0.2, 0.25) is 0 Å². The van der Waals surface area contributed by atoms with Crippen LogP contribution in [0.25, 0.3) is 33.3 Å². The van der Waals surface area contributed by atoms with E-state index in [2.05, 4.69) is 9.97 Å². The maximum Gasteiger partial charge on any atom is 0.227 e. The van der Waals surface area contributed by atoms with Crippen molar-refractivity contribution in [3.63, 3.8) is 0 Å². The molecule has 2 aromatic carbocycles. The number of rotatable bonds is 4. The molecule has 0 aliphatic heterocycles. The third kappa shape index (κ3) is 4.16. The van der Waals surface area contributed by atoms with Crippen LogP contribution in [0.15, 0.2) is 71.3 Å². The molecule has 0 saturated carbocycles. The summed E-state index contributed by atoms with van der Waals surface area (Å²) in [6.07, 6.45) is -4.36. The zero-order chi connectivity index (χ0) is 31.8. The van der Waals surface area contributed by atoms with Gasteiger partial charge in [0.1, 0.15) is 5.58 Å². The first kappa shape index (κ1) is 12.7. The topological polar surface area (TPSA) is 38.9 Å². The second kappa shape index (κ2) is 8.15. The van der Waals surface area contributed by atoms with Crippen LogP contribution in [0, 0.1) is 13.7 Å². The first-order valence-electron chi connectivity index (χ1n) is 15.7. The number of aryl methyl sites for hydroxylation is 4. The number of para-hydroxylation sites is 1. The van der Waals surface area contributed by atoms with Crippen molar-refractivity contribution in [3.05, 3.63) is 94.8 Å². The minimum atomic E-state index is -2.80. The fourth-order valence-corrected chi connectivity index (χ4v) is 3.78. The Morgan fingerprint density at radius 1 is 0.939 bits per heavy atom. The number of benzene rings is 2. The molecule has 5 rings (SSSR count). The van der Waals surface area contributed by atoms with Crippen LogP contribution in [0.5, 0.6) is 0 Å². The van der Waals surface area contributed by atoms with Crippen molar-refractivity contribution in [3.8, 4) is 11.3 Å². The Bertz CT molecular complexity index is 1830. The molecule has 3 nitrogen and oxygen atoms in total. The molecule has 0 unspecified atom stereocenters. The minimum Gasteiger partial charge on any atom is -0.437 e. The highest BCUT2D eigenvalue weighted by molar-refractivity contribution is 6.08. The van der Waals surface area contributed by atoms with E-state index in [-0.39, 0.29) is 33.6 Å². The molecule has 0 amide bonds. The van der Waals surface area contributed by atoms with Gasteiger partial charge in [0.25, 0.3) is 0 Å². The van der Waals surface area contributed by atoms with Gasteiger partial charge in [0, 0.05) is 41.9 Å². The summed E-state index contributed by atoms with van der Waals surface area (Å²) in [6.45, 7) is 0.836. The van der Waals surface area contributed by atoms with Gasteiger partial charge in [0.15, 0.2) is 0 Å². The smallest absolute Gasteiger partial charge is 0.227 e. The molecule has 0 bridgehead atoms. The van der Waals surface area contributed by atoms with E-state index in [0.29, 0.717) is 21.9 Å². The molecule has 3 aromatic heterocycles. The summed E-state index contributed by atoms with van der Waals surface area (Å²) in [6, 6.07) is 16.0. The van der Waals surface area contributed by atoms with Crippen molar-refractivity contribution >= 4 is 22.1 Å². The number of hydrogen-bond acceptors (Lipinski definition) is 3. The van der Waals surface area contributed by atoms with Gasteiger partial charge in [0.05, 0.1) is 5.69 Å². The van der Waals surface area contributed by atoms with Crippen molar-refractivity contribution in [2.75, 3.05) is 0 Å². The quantitative estimate of drug-likeness (QED) is 0.284. The molecule has 5 aromatic rings. The van der Waals surface area contributed by atoms with E-state index in [1.165, 1.54) is 24.3 Å². The largest absolute Gasteiger partial charge is 0.437 e. The van der Waals surface area contributed by atoms with Crippen molar-refractivity contribution in [2.24, 2.45) is 0 Å². The van der Waals surface area contributed by atoms with Crippen LogP contribution >= 0.6 is 0 Å². The summed E-state index contributed by atoms with van der Waals surface area (Å²) in [7, 11) is 0. The zero-order valence-electron chi connectivity index (χ0n) is 28.7. The lowest BCUT2D eigenvalue weighted by atomic mass is 9.86. The molecule has 33 heavy (non-hydrogen) atoms. The lowest BCUT2D eigenvalue weighted by molar-refractivity contribution is 0.590. The number of aromatic nitrogens is 2. The Hall–Kier alpha value is -3.46. The minimum absolute atomic E-state index is 0.0656. The van der Waals surface area contributed by atoms with E-state index in [0.717, 1.165) is 11.8 Å². The fourth-order valence-electron chi connectivity index (χ4n) is 3.78. The first-order valence-corrected chi connectivity index (χ1v) is 10.7. The number of hydrogen-bond donors (Lipinski definition) is 0. The second-order valence-corrected chi connectivity index (χ2v) is 9.03. The summed E-state index contributed by atoms with van der Waals surface area (Å²) in [5, 5.41) is 1.17. The molecular formula is C30H30N2O. The van der Waals surface area contributed by atoms with Crippen molar-refractivity contribution in [2.45, 2.75) is 52.6 Å². The average molecular weight is 445 g/mol. The van der Waals surface area contributed by atoms with Gasteiger partial charge in [-0.15, -0.1) is 0 Å². The maximum absolute atomic E-state index is 9.02. The predicted molar refractivity (Wildman–Crippen MR) is 137 cm³/mol. The average Bonchev–Trinajstić information content (AvgIpc) is 3.29. The summed E-state index contributed by atoms with van der Waals surface area (Å²) < 4.78 is 89.1. The third-order valence-corrected chi connectivity index (χ3v) is 5.64. The molecule has 0 atom stereocenters. The Morgan fingerprint density at radius 2 is 1.79 bits per heavy atom. The molecular weight excluding hydrogens is 404 g/mol. The molecule has 0 spiro atoms. The monoisotopic (exact) mass is 444 g/mol. The molecule has 0 fully saturated rings. The lowest BCUT2D eigenvalue weighted by Crippen LogP contribution is -2.10. The highest BCUT2D eigenvalue weighted by atomic mass is 16.3. The van der Waals surface area contributed by atoms with Crippen molar-refractivity contribution < 1.29 is 18.1 Å². The molecule has 0 radical (unpaired) electrons. The van der Waals surface area contributed by atoms with Gasteiger partial charge in [-0.3, -0.25) is 4.98 Å². The highest BCUT2D eigenvalue weighted by Gasteiger charge is 2.15. The molecule has 3 heterocycles. The zero-order valence-corrected chi connectivity index (χ0v) is 18.7. The van der Waals surface area contributed by atoms with Crippen LogP contribution in [0.4, 0.5) is 0 Å². The Morgan fingerprint density at radius 3 is 2.55 bits per heavy atom. The lowest BCUT2D eigenvalue weighted by Gasteiger charge is -2.19. The Balaban J connectivity index is 1.69. The molecule has 0 aliphatic rings. The van der Waals surface area contributed by atoms with E-state index in [9.17, 15) is 0 Å². The standard InChI is InChI=1S/C30H30N2O/c1-19-18-31-27(17-22(19)13-10-21-11-14-23(15-12-21)30(3,4)5)26-8-6-7-24-25-16-9-20(2)32-29(25)33-28(24)26/h6-9,11-12,14-18H,10,13H2,1-5H3/i1D3,2D3,10D2,13D2. The fraction of sp³-hybridized carbons (Fsp3) is 0.267. The van der Waals surface area contributed by atoms with Crippen LogP contribution < -0.4 is 0 Å². The number of fused-ring (bicyclic) bond motifs is 3. The summed E-state index contributed by atoms with van der Waals surface area (Å²) in [5.41, 5.74) is 0.860. The normalized spacial score (nSPS) is 18.2. The number of furan rings is 1. The van der Waals surface area contributed by atoms with Gasteiger partial charge in [-0.05, 0) is 78.4 Å². The second-order valence-electron chi connectivity index (χ2n) is 9.03. The summed E-state index contributed by atoms with van der Waals surface area (Å²) in [4.78, 5) is 8.52. The number of nitrogens with zero attached hydrogens (tertiary/aromatic N) is 2. The molecule has 3 heteroatoms. The number of pyridine rings is 2. The van der Waals surface area contributed by atoms with Crippen molar-refractivity contribution in [1.29, 1.82) is 0 Å². The predicted octanol–water partition coefficient (Wildman–Crippen LogP) is 7.74. The van der Waals surface area contributed by atoms with Crippen LogP contribution in [0.3, 0.4) is 0 Å². The van der Waals surface area contributed by atoms with E-state index >= 15 is 0 Å².